The summed E-state index contributed by atoms with van der Waals surface area (Å²) in [5.74, 6) is -2.96. The highest BCUT2D eigenvalue weighted by molar-refractivity contribution is 6.44. The Bertz CT molecular complexity index is 2070. The molecule has 0 amide bonds. The summed E-state index contributed by atoms with van der Waals surface area (Å²) >= 11 is 24.3. The van der Waals surface area contributed by atoms with Crippen LogP contribution in [0.2, 0.25) is 20.1 Å². The highest BCUT2D eigenvalue weighted by Crippen LogP contribution is 2.44. The second-order valence-electron chi connectivity index (χ2n) is 10.8. The minimum absolute atomic E-state index is 0.0522. The van der Waals surface area contributed by atoms with Gasteiger partial charge in [-0.25, -0.2) is 9.59 Å². The SMILES string of the molecule is CC(=O)OC(C)=O.CC(=O)OC1=C(c2cccc(Cl)c2Cl)C(=O)OC1c1ccccc1.O=C1OC(c2ccccc2)C(O)=C1c1cccc(Cl)c1Cl. The van der Waals surface area contributed by atoms with Crippen molar-refractivity contribution < 1.29 is 48.0 Å². The molecule has 4 aromatic rings. The van der Waals surface area contributed by atoms with E-state index < -0.39 is 42.1 Å². The van der Waals surface area contributed by atoms with Crippen LogP contribution in [0.1, 0.15) is 55.2 Å². The number of carbonyl (C=O) groups excluding carboxylic acids is 5. The summed E-state index contributed by atoms with van der Waals surface area (Å²) in [4.78, 5) is 55.7. The fourth-order valence-electron chi connectivity index (χ4n) is 4.96. The molecule has 14 heteroatoms. The normalized spacial score (nSPS) is 16.1. The lowest BCUT2D eigenvalue weighted by Crippen LogP contribution is -2.07. The molecule has 2 heterocycles. The Labute approximate surface area is 318 Å². The Kier molecular flexibility index (Phi) is 13.6. The quantitative estimate of drug-likeness (QED) is 0.118. The maximum atomic E-state index is 12.4. The van der Waals surface area contributed by atoms with Gasteiger partial charge in [0.15, 0.2) is 23.7 Å². The van der Waals surface area contributed by atoms with Crippen LogP contribution in [0.15, 0.2) is 109 Å². The number of aliphatic hydroxyl groups excluding tert-OH is 1. The van der Waals surface area contributed by atoms with Gasteiger partial charge in [0.1, 0.15) is 11.1 Å². The van der Waals surface area contributed by atoms with Crippen molar-refractivity contribution in [2.75, 3.05) is 0 Å². The van der Waals surface area contributed by atoms with E-state index in [0.29, 0.717) is 32.3 Å². The average molecular weight is 786 g/mol. The van der Waals surface area contributed by atoms with Crippen LogP contribution < -0.4 is 0 Å². The van der Waals surface area contributed by atoms with Gasteiger partial charge in [0, 0.05) is 43.0 Å². The molecule has 0 aliphatic carbocycles. The molecule has 2 atom stereocenters. The Balaban J connectivity index is 0.000000198. The summed E-state index contributed by atoms with van der Waals surface area (Å²) in [5.41, 5.74) is 2.27. The maximum absolute atomic E-state index is 12.4. The van der Waals surface area contributed by atoms with Crippen LogP contribution in [0.25, 0.3) is 11.1 Å². The van der Waals surface area contributed by atoms with Crippen molar-refractivity contribution in [3.63, 3.8) is 0 Å². The Morgan fingerprint density at radius 1 is 0.577 bits per heavy atom. The minimum atomic E-state index is -0.816. The van der Waals surface area contributed by atoms with Crippen LogP contribution in [0, 0.1) is 0 Å². The highest BCUT2D eigenvalue weighted by Gasteiger charge is 2.40. The van der Waals surface area contributed by atoms with E-state index in [1.165, 1.54) is 20.8 Å². The van der Waals surface area contributed by atoms with Crippen molar-refractivity contribution in [1.29, 1.82) is 0 Å². The zero-order chi connectivity index (χ0) is 38.1. The van der Waals surface area contributed by atoms with Crippen molar-refractivity contribution in [1.82, 2.24) is 0 Å². The molecule has 52 heavy (non-hydrogen) atoms. The number of benzene rings is 4. The molecular weight excluding hydrogens is 758 g/mol. The number of cyclic esters (lactones) is 2. The number of hydrogen-bond donors (Lipinski definition) is 1. The third-order valence-corrected chi connectivity index (χ3v) is 8.67. The molecule has 2 unspecified atom stereocenters. The Morgan fingerprint density at radius 3 is 1.44 bits per heavy atom. The molecule has 1 N–H and O–H groups in total. The van der Waals surface area contributed by atoms with Gasteiger partial charge in [-0.2, -0.15) is 0 Å². The number of esters is 5. The Hall–Kier alpha value is -5.13. The summed E-state index contributed by atoms with van der Waals surface area (Å²) in [6.07, 6.45) is -1.63. The number of halogens is 4. The first kappa shape index (κ1) is 39.7. The lowest BCUT2D eigenvalue weighted by Gasteiger charge is -2.13. The first-order valence-electron chi connectivity index (χ1n) is 15.2. The third-order valence-electron chi connectivity index (χ3n) is 7.03. The van der Waals surface area contributed by atoms with Gasteiger partial charge in [-0.05, 0) is 12.1 Å². The molecule has 0 aromatic heterocycles. The predicted molar refractivity (Wildman–Crippen MR) is 194 cm³/mol. The fourth-order valence-corrected chi connectivity index (χ4v) is 5.75. The zero-order valence-corrected chi connectivity index (χ0v) is 30.5. The fraction of sp³-hybridized carbons (Fsp3) is 0.132. The molecule has 0 spiro atoms. The van der Waals surface area contributed by atoms with Crippen LogP contribution in [0.4, 0.5) is 0 Å². The van der Waals surface area contributed by atoms with E-state index in [9.17, 15) is 29.1 Å². The lowest BCUT2D eigenvalue weighted by atomic mass is 10.0. The summed E-state index contributed by atoms with van der Waals surface area (Å²) in [6, 6.07) is 27.8. The summed E-state index contributed by atoms with van der Waals surface area (Å²) < 4.78 is 20.0. The van der Waals surface area contributed by atoms with Crippen molar-refractivity contribution in [3.05, 3.63) is 151 Å². The number of carbonyl (C=O) groups is 5. The largest absolute Gasteiger partial charge is 0.507 e. The van der Waals surface area contributed by atoms with Crippen molar-refractivity contribution in [2.45, 2.75) is 33.0 Å². The first-order chi connectivity index (χ1) is 24.7. The lowest BCUT2D eigenvalue weighted by molar-refractivity contribution is -0.156. The molecule has 0 radical (unpaired) electrons. The van der Waals surface area contributed by atoms with Crippen molar-refractivity contribution >= 4 is 87.4 Å². The van der Waals surface area contributed by atoms with E-state index >= 15 is 0 Å². The summed E-state index contributed by atoms with van der Waals surface area (Å²) in [7, 11) is 0. The van der Waals surface area contributed by atoms with Gasteiger partial charge in [0.2, 0.25) is 0 Å². The van der Waals surface area contributed by atoms with E-state index in [4.69, 9.17) is 60.6 Å². The third kappa shape index (κ3) is 9.59. The predicted octanol–water partition coefficient (Wildman–Crippen LogP) is 9.22. The van der Waals surface area contributed by atoms with E-state index in [2.05, 4.69) is 4.74 Å². The molecule has 0 saturated heterocycles. The van der Waals surface area contributed by atoms with E-state index in [1.807, 2.05) is 12.1 Å². The maximum Gasteiger partial charge on any atom is 0.343 e. The molecule has 10 nitrogen and oxygen atoms in total. The topological polar surface area (TPSA) is 143 Å². The smallest absolute Gasteiger partial charge is 0.343 e. The number of aliphatic hydroxyl groups is 1. The molecule has 0 bridgehead atoms. The second-order valence-corrected chi connectivity index (χ2v) is 12.3. The second kappa shape index (κ2) is 17.9. The van der Waals surface area contributed by atoms with Gasteiger partial charge in [-0.3, -0.25) is 14.4 Å². The monoisotopic (exact) mass is 784 g/mol. The number of rotatable bonds is 5. The average Bonchev–Trinajstić information content (AvgIpc) is 3.58. The molecule has 0 fully saturated rings. The van der Waals surface area contributed by atoms with Crippen LogP contribution in [-0.2, 0) is 42.9 Å². The molecular formula is C38H28Cl4O10. The number of ether oxygens (including phenoxy) is 4. The van der Waals surface area contributed by atoms with Crippen LogP contribution in [0.3, 0.4) is 0 Å². The van der Waals surface area contributed by atoms with Gasteiger partial charge in [-0.15, -0.1) is 0 Å². The standard InChI is InChI=1S/C18H12Cl2O4.C16H10Cl2O3.C4H6O3/c1-10(21)23-17-14(12-8-5-9-13(19)15(12)20)18(22)24-16(17)11-6-3-2-4-7-11;17-11-8-4-7-10(13(11)18)12-14(19)15(21-16(12)20)9-5-2-1-3-6-9;1-3(5)7-4(2)6/h2-9,16H,1H3;1-8,15,19H;1-2H3. The van der Waals surface area contributed by atoms with Crippen LogP contribution >= 0.6 is 46.4 Å². The molecule has 2 aliphatic heterocycles. The van der Waals surface area contributed by atoms with E-state index in [1.54, 1.807) is 84.9 Å². The van der Waals surface area contributed by atoms with Gasteiger partial charge in [0.25, 0.3) is 0 Å². The zero-order valence-electron chi connectivity index (χ0n) is 27.5. The molecule has 2 aliphatic rings. The molecule has 4 aromatic carbocycles. The summed E-state index contributed by atoms with van der Waals surface area (Å²) in [5, 5.41) is 11.4. The summed E-state index contributed by atoms with van der Waals surface area (Å²) in [6.45, 7) is 3.62. The van der Waals surface area contributed by atoms with Crippen LogP contribution in [-0.4, -0.2) is 35.0 Å². The minimum Gasteiger partial charge on any atom is -0.507 e. The Morgan fingerprint density at radius 2 is 1.00 bits per heavy atom. The van der Waals surface area contributed by atoms with Crippen LogP contribution in [0.5, 0.6) is 0 Å². The molecule has 268 valence electrons. The molecule has 0 saturated carbocycles. The van der Waals surface area contributed by atoms with E-state index in [-0.39, 0.29) is 32.7 Å². The van der Waals surface area contributed by atoms with E-state index in [0.717, 1.165) is 0 Å². The van der Waals surface area contributed by atoms with Gasteiger partial charge in [-0.1, -0.05) is 131 Å². The van der Waals surface area contributed by atoms with Crippen molar-refractivity contribution in [3.8, 4) is 0 Å². The number of hydrogen-bond acceptors (Lipinski definition) is 10. The van der Waals surface area contributed by atoms with Gasteiger partial charge in [0.05, 0.1) is 20.1 Å². The highest BCUT2D eigenvalue weighted by atomic mass is 35.5. The van der Waals surface area contributed by atoms with Gasteiger partial charge >= 0.3 is 29.8 Å². The van der Waals surface area contributed by atoms with Crippen molar-refractivity contribution in [2.24, 2.45) is 0 Å². The first-order valence-corrected chi connectivity index (χ1v) is 16.7. The van der Waals surface area contributed by atoms with Gasteiger partial charge < -0.3 is 24.1 Å². The molecule has 6 rings (SSSR count).